The fraction of sp³-hybridized carbons (Fsp3) is 1.00. The van der Waals surface area contributed by atoms with Crippen molar-refractivity contribution in [2.24, 2.45) is 0 Å². The van der Waals surface area contributed by atoms with Crippen molar-refractivity contribution >= 4 is 15.2 Å². The Labute approximate surface area is 103 Å². The average Bonchev–Trinajstić information content (AvgIpc) is 2.15. The van der Waals surface area contributed by atoms with Crippen molar-refractivity contribution in [1.82, 2.24) is 0 Å². The van der Waals surface area contributed by atoms with Gasteiger partial charge in [-0.3, -0.25) is 18.2 Å². The molecule has 0 spiro atoms. The Morgan fingerprint density at radius 2 is 1.35 bits per heavy atom. The van der Waals surface area contributed by atoms with Gasteiger partial charge in [-0.1, -0.05) is 27.2 Å². The van der Waals surface area contributed by atoms with Gasteiger partial charge in [-0.15, -0.1) is 0 Å². The highest BCUT2D eigenvalue weighted by molar-refractivity contribution is 7.67. The van der Waals surface area contributed by atoms with Gasteiger partial charge in [0.1, 0.15) is 0 Å². The lowest BCUT2D eigenvalue weighted by atomic mass is 10.3. The summed E-state index contributed by atoms with van der Waals surface area (Å²) in [6.07, 6.45) is 2.69. The minimum absolute atomic E-state index is 0.296. The first-order valence-corrected chi connectivity index (χ1v) is 9.68. The second-order valence-corrected chi connectivity index (χ2v) is 8.59. The number of hydrogen-bond acceptors (Lipinski definition) is 5. The van der Waals surface area contributed by atoms with Crippen LogP contribution in [0.2, 0.25) is 0 Å². The summed E-state index contributed by atoms with van der Waals surface area (Å²) in [5.74, 6) is 0. The normalized spacial score (nSPS) is 38.2. The van der Waals surface area contributed by atoms with Crippen LogP contribution in [0.4, 0.5) is 0 Å². The predicted molar refractivity (Wildman–Crippen MR) is 67.5 cm³/mol. The van der Waals surface area contributed by atoms with E-state index < -0.39 is 21.5 Å². The third-order valence-corrected chi connectivity index (χ3v) is 7.42. The van der Waals surface area contributed by atoms with Gasteiger partial charge in [0.05, 0.1) is 12.3 Å². The maximum atomic E-state index is 12.3. The van der Waals surface area contributed by atoms with Crippen molar-refractivity contribution in [2.75, 3.05) is 12.3 Å². The summed E-state index contributed by atoms with van der Waals surface area (Å²) in [5, 5.41) is 0. The molecule has 0 N–H and O–H groups in total. The van der Waals surface area contributed by atoms with Crippen molar-refractivity contribution in [2.45, 2.75) is 52.7 Å². The maximum absolute atomic E-state index is 12.3. The van der Waals surface area contributed by atoms with E-state index in [-0.39, 0.29) is 0 Å². The first-order valence-electron chi connectivity index (χ1n) is 6.23. The first kappa shape index (κ1) is 15.4. The monoisotopic (exact) mass is 284 g/mol. The molecule has 1 heterocycles. The summed E-state index contributed by atoms with van der Waals surface area (Å²) in [6.45, 7) is 5.75. The quantitative estimate of drug-likeness (QED) is 0.677. The third kappa shape index (κ3) is 4.50. The summed E-state index contributed by atoms with van der Waals surface area (Å²) < 4.78 is 40.5. The van der Waals surface area contributed by atoms with E-state index in [1.807, 2.05) is 20.8 Å². The summed E-state index contributed by atoms with van der Waals surface area (Å²) in [5.41, 5.74) is 0. The fourth-order valence-electron chi connectivity index (χ4n) is 1.68. The van der Waals surface area contributed by atoms with E-state index in [2.05, 4.69) is 0 Å². The summed E-state index contributed by atoms with van der Waals surface area (Å²) in [7, 11) is -6.48. The Kier molecular flexibility index (Phi) is 5.88. The maximum Gasteiger partial charge on any atom is 0.340 e. The predicted octanol–water partition coefficient (Wildman–Crippen LogP) is 4.38. The number of hydrogen-bond donors (Lipinski definition) is 0. The minimum Gasteiger partial charge on any atom is -0.277 e. The molecule has 1 aliphatic rings. The fourth-order valence-corrected chi connectivity index (χ4v) is 6.55. The van der Waals surface area contributed by atoms with Crippen LogP contribution in [0.25, 0.3) is 0 Å². The van der Waals surface area contributed by atoms with Gasteiger partial charge in [-0.25, -0.2) is 4.31 Å². The van der Waals surface area contributed by atoms with Crippen LogP contribution in [-0.4, -0.2) is 18.6 Å². The van der Waals surface area contributed by atoms with Crippen LogP contribution >= 0.6 is 15.2 Å². The van der Waals surface area contributed by atoms with Gasteiger partial charge in [0.25, 0.3) is 0 Å². The Balaban J connectivity index is 2.83. The van der Waals surface area contributed by atoms with Crippen molar-refractivity contribution in [3.8, 4) is 0 Å². The molecule has 0 amide bonds. The Hall–Kier alpha value is 0.340. The molecule has 0 aliphatic carbocycles. The smallest absolute Gasteiger partial charge is 0.277 e. The average molecular weight is 284 g/mol. The molecule has 17 heavy (non-hydrogen) atoms. The van der Waals surface area contributed by atoms with Crippen molar-refractivity contribution in [3.05, 3.63) is 0 Å². The van der Waals surface area contributed by atoms with Crippen LogP contribution in [0, 0.1) is 0 Å². The van der Waals surface area contributed by atoms with Gasteiger partial charge in [-0.05, 0) is 19.3 Å². The molecule has 1 fully saturated rings. The Bertz CT molecular complexity index is 303. The van der Waals surface area contributed by atoms with E-state index >= 15 is 0 Å². The number of rotatable bonds is 6. The van der Waals surface area contributed by atoms with E-state index in [0.29, 0.717) is 31.6 Å². The van der Waals surface area contributed by atoms with Crippen molar-refractivity contribution < 1.29 is 22.5 Å². The van der Waals surface area contributed by atoms with Crippen LogP contribution in [0.1, 0.15) is 46.5 Å². The second kappa shape index (κ2) is 6.49. The molecule has 5 nitrogen and oxygen atoms in total. The van der Waals surface area contributed by atoms with Gasteiger partial charge in [0.2, 0.25) is 0 Å². The molecule has 102 valence electrons. The highest BCUT2D eigenvalue weighted by atomic mass is 31.3. The van der Waals surface area contributed by atoms with Gasteiger partial charge in [0, 0.05) is 0 Å². The Morgan fingerprint density at radius 3 is 1.71 bits per heavy atom. The van der Waals surface area contributed by atoms with Crippen molar-refractivity contribution in [3.63, 3.8) is 0 Å². The summed E-state index contributed by atoms with van der Waals surface area (Å²) in [6, 6.07) is 0. The van der Waals surface area contributed by atoms with E-state index in [4.69, 9.17) is 13.4 Å². The zero-order valence-corrected chi connectivity index (χ0v) is 12.5. The largest absolute Gasteiger partial charge is 0.340 e. The van der Waals surface area contributed by atoms with Gasteiger partial charge >= 0.3 is 15.2 Å². The van der Waals surface area contributed by atoms with E-state index in [1.165, 1.54) is 0 Å². The standard InChI is InChI=1S/C10H22O5P2/c1-4-7-10-13-16(11,8-5-2)15-17(12,14-10)9-6-3/h10H,4-9H2,1-3H3. The van der Waals surface area contributed by atoms with Gasteiger partial charge in [-0.2, -0.15) is 0 Å². The van der Waals surface area contributed by atoms with Crippen LogP contribution in [0.5, 0.6) is 0 Å². The molecule has 1 rings (SSSR count). The molecule has 0 aromatic rings. The third-order valence-electron chi connectivity index (χ3n) is 2.32. The molecular formula is C10H22O5P2. The molecular weight excluding hydrogens is 262 g/mol. The zero-order valence-electron chi connectivity index (χ0n) is 10.8. The first-order chi connectivity index (χ1) is 7.97. The van der Waals surface area contributed by atoms with E-state index in [0.717, 1.165) is 6.42 Å². The SMILES string of the molecule is CCCC1OP(=O)(CCC)OP(=O)(CCC)O1. The van der Waals surface area contributed by atoms with Crippen LogP contribution in [0.3, 0.4) is 0 Å². The highest BCUT2D eigenvalue weighted by Crippen LogP contribution is 2.70. The molecule has 7 heteroatoms. The van der Waals surface area contributed by atoms with E-state index in [9.17, 15) is 9.13 Å². The molecule has 0 aromatic heterocycles. The van der Waals surface area contributed by atoms with Crippen LogP contribution < -0.4 is 0 Å². The second-order valence-electron chi connectivity index (χ2n) is 4.18. The lowest BCUT2D eigenvalue weighted by Gasteiger charge is -2.34. The molecule has 0 radical (unpaired) electrons. The van der Waals surface area contributed by atoms with Gasteiger partial charge in [0.15, 0.2) is 6.29 Å². The lowest BCUT2D eigenvalue weighted by Crippen LogP contribution is -2.22. The van der Waals surface area contributed by atoms with Crippen LogP contribution in [0.15, 0.2) is 0 Å². The van der Waals surface area contributed by atoms with Crippen LogP contribution in [-0.2, 0) is 22.5 Å². The molecule has 2 unspecified atom stereocenters. The molecule has 2 atom stereocenters. The molecule has 0 saturated carbocycles. The van der Waals surface area contributed by atoms with E-state index in [1.54, 1.807) is 0 Å². The molecule has 0 bridgehead atoms. The molecule has 1 aliphatic heterocycles. The zero-order chi connectivity index (χ0) is 12.9. The molecule has 1 saturated heterocycles. The summed E-state index contributed by atoms with van der Waals surface area (Å²) in [4.78, 5) is 0. The topological polar surface area (TPSA) is 61.8 Å². The minimum atomic E-state index is -3.24. The highest BCUT2D eigenvalue weighted by Gasteiger charge is 2.45. The molecule has 0 aromatic carbocycles. The lowest BCUT2D eigenvalue weighted by molar-refractivity contribution is -0.0348. The van der Waals surface area contributed by atoms with Gasteiger partial charge < -0.3 is 0 Å². The summed E-state index contributed by atoms with van der Waals surface area (Å²) >= 11 is 0. The van der Waals surface area contributed by atoms with Crippen molar-refractivity contribution in [1.29, 1.82) is 0 Å². The Morgan fingerprint density at radius 1 is 0.882 bits per heavy atom.